The maximum atomic E-state index is 10.9. The fourth-order valence-corrected chi connectivity index (χ4v) is 4.89. The van der Waals surface area contributed by atoms with E-state index < -0.39 is 5.97 Å². The van der Waals surface area contributed by atoms with Gasteiger partial charge in [0.15, 0.2) is 0 Å². The average molecular weight is 417 g/mol. The number of aliphatic carboxylic acids is 1. The number of benzene rings is 2. The largest absolute Gasteiger partial charge is 0.492 e. The number of carboxylic acid groups (broad SMARTS) is 1. The van der Waals surface area contributed by atoms with Crippen molar-refractivity contribution in [3.05, 3.63) is 76.4 Å². The summed E-state index contributed by atoms with van der Waals surface area (Å²) in [6.45, 7) is 13.7. The van der Waals surface area contributed by atoms with E-state index in [0.717, 1.165) is 17.7 Å². The molecule has 4 rings (SSSR count). The lowest BCUT2D eigenvalue weighted by Crippen LogP contribution is -2.18. The Morgan fingerprint density at radius 1 is 1.16 bits per heavy atom. The number of aryl methyl sites for hydroxylation is 2. The molecular formula is C28H32O3. The topological polar surface area (TPSA) is 46.5 Å². The van der Waals surface area contributed by atoms with Gasteiger partial charge in [0.2, 0.25) is 0 Å². The Balaban J connectivity index is 1.79. The maximum absolute atomic E-state index is 10.9. The van der Waals surface area contributed by atoms with Gasteiger partial charge in [-0.1, -0.05) is 57.2 Å². The van der Waals surface area contributed by atoms with Crippen LogP contribution in [0.15, 0.2) is 54.1 Å². The highest BCUT2D eigenvalue weighted by atomic mass is 16.5. The van der Waals surface area contributed by atoms with Crippen molar-refractivity contribution in [2.75, 3.05) is 6.61 Å². The molecule has 0 radical (unpaired) electrons. The van der Waals surface area contributed by atoms with E-state index in [-0.39, 0.29) is 10.8 Å². The Morgan fingerprint density at radius 2 is 1.84 bits per heavy atom. The predicted molar refractivity (Wildman–Crippen MR) is 126 cm³/mol. The summed E-state index contributed by atoms with van der Waals surface area (Å²) in [6.07, 6.45) is 6.43. The maximum Gasteiger partial charge on any atom is 0.328 e. The van der Waals surface area contributed by atoms with Crippen LogP contribution in [0.2, 0.25) is 0 Å². The molecule has 2 atom stereocenters. The van der Waals surface area contributed by atoms with Gasteiger partial charge in [-0.05, 0) is 72.4 Å². The summed E-state index contributed by atoms with van der Waals surface area (Å²) in [5.74, 6) is 0.529. The van der Waals surface area contributed by atoms with Crippen LogP contribution >= 0.6 is 0 Å². The lowest BCUT2D eigenvalue weighted by atomic mass is 9.80. The second-order valence-corrected chi connectivity index (χ2v) is 10.2. The Morgan fingerprint density at radius 3 is 2.48 bits per heavy atom. The molecule has 0 unspecified atom stereocenters. The van der Waals surface area contributed by atoms with Crippen molar-refractivity contribution in [2.24, 2.45) is 5.92 Å². The normalized spacial score (nSPS) is 24.2. The van der Waals surface area contributed by atoms with Crippen LogP contribution in [0.3, 0.4) is 0 Å². The molecule has 0 amide bonds. The summed E-state index contributed by atoms with van der Waals surface area (Å²) in [4.78, 5) is 10.9. The number of fused-ring (bicyclic) bond motifs is 1. The van der Waals surface area contributed by atoms with E-state index in [0.29, 0.717) is 12.5 Å². The molecule has 0 spiro atoms. The second-order valence-electron chi connectivity index (χ2n) is 10.2. The van der Waals surface area contributed by atoms with Crippen molar-refractivity contribution < 1.29 is 14.6 Å². The molecule has 1 fully saturated rings. The number of rotatable bonds is 5. The quantitative estimate of drug-likeness (QED) is 0.447. The van der Waals surface area contributed by atoms with Crippen LogP contribution in [0.1, 0.15) is 56.4 Å². The summed E-state index contributed by atoms with van der Waals surface area (Å²) in [6, 6.07) is 11.1. The van der Waals surface area contributed by atoms with Gasteiger partial charge in [-0.25, -0.2) is 4.79 Å². The molecule has 2 aromatic rings. The standard InChI is InChI=1S/C28H32O3/c1-17(12-24(29)30)10-11-20-15-28(20,6)21-13-22(25-18(2)8-7-9-19(25)3)26-23(14-21)27(4,5)16-31-26/h7-14,20H,15-16H2,1-6H3,(H,29,30)/b11-10+,17-12+/t20-,28+/m1/s1. The Hall–Kier alpha value is -2.81. The number of hydrogen-bond acceptors (Lipinski definition) is 2. The minimum absolute atomic E-state index is 0.0198. The molecule has 1 aliphatic carbocycles. The lowest BCUT2D eigenvalue weighted by Gasteiger charge is -2.21. The summed E-state index contributed by atoms with van der Waals surface area (Å²) in [5, 5.41) is 8.95. The van der Waals surface area contributed by atoms with Crippen molar-refractivity contribution in [1.82, 2.24) is 0 Å². The first-order chi connectivity index (χ1) is 14.5. The first-order valence-corrected chi connectivity index (χ1v) is 11.0. The Labute approximate surface area is 185 Å². The zero-order chi connectivity index (χ0) is 22.6. The van der Waals surface area contributed by atoms with Crippen LogP contribution < -0.4 is 4.74 Å². The summed E-state index contributed by atoms with van der Waals surface area (Å²) in [5.41, 5.74) is 8.44. The van der Waals surface area contributed by atoms with Crippen LogP contribution in [-0.2, 0) is 15.6 Å². The molecule has 2 aliphatic rings. The van der Waals surface area contributed by atoms with Gasteiger partial charge < -0.3 is 9.84 Å². The first kappa shape index (κ1) is 21.4. The Kier molecular flexibility index (Phi) is 5.12. The third-order valence-electron chi connectivity index (χ3n) is 7.05. The number of carbonyl (C=O) groups is 1. The Bertz CT molecular complexity index is 1100. The van der Waals surface area contributed by atoms with Crippen LogP contribution in [0.4, 0.5) is 0 Å². The molecule has 2 aromatic carbocycles. The highest BCUT2D eigenvalue weighted by Crippen LogP contribution is 2.58. The fraction of sp³-hybridized carbons (Fsp3) is 0.393. The van der Waals surface area contributed by atoms with E-state index in [1.807, 2.05) is 13.0 Å². The third kappa shape index (κ3) is 3.82. The molecule has 3 heteroatoms. The monoisotopic (exact) mass is 416 g/mol. The van der Waals surface area contributed by atoms with E-state index in [2.05, 4.69) is 71.0 Å². The van der Waals surface area contributed by atoms with Gasteiger partial charge >= 0.3 is 5.97 Å². The van der Waals surface area contributed by atoms with E-state index in [1.54, 1.807) is 0 Å². The van der Waals surface area contributed by atoms with E-state index >= 15 is 0 Å². The lowest BCUT2D eigenvalue weighted by molar-refractivity contribution is -0.131. The zero-order valence-electron chi connectivity index (χ0n) is 19.4. The molecule has 1 saturated carbocycles. The number of ether oxygens (including phenoxy) is 1. The number of allylic oxidation sites excluding steroid dienone is 3. The van der Waals surface area contributed by atoms with E-state index in [9.17, 15) is 4.79 Å². The van der Waals surface area contributed by atoms with Gasteiger partial charge in [0.1, 0.15) is 5.75 Å². The van der Waals surface area contributed by atoms with Gasteiger partial charge in [-0.3, -0.25) is 0 Å². The molecule has 1 heterocycles. The highest BCUT2D eigenvalue weighted by molar-refractivity contribution is 5.81. The van der Waals surface area contributed by atoms with Crippen LogP contribution in [-0.4, -0.2) is 17.7 Å². The minimum Gasteiger partial charge on any atom is -0.492 e. The molecule has 1 N–H and O–H groups in total. The molecule has 3 nitrogen and oxygen atoms in total. The number of hydrogen-bond donors (Lipinski definition) is 1. The molecular weight excluding hydrogens is 384 g/mol. The van der Waals surface area contributed by atoms with Gasteiger partial charge in [0.25, 0.3) is 0 Å². The first-order valence-electron chi connectivity index (χ1n) is 11.0. The van der Waals surface area contributed by atoms with Crippen LogP contribution in [0, 0.1) is 19.8 Å². The summed E-state index contributed by atoms with van der Waals surface area (Å²) in [7, 11) is 0. The SMILES string of the molecule is CC(/C=C/[C@@H]1C[C@]1(C)c1cc(-c2c(C)cccc2C)c2c(c1)C(C)(C)CO2)=C\C(=O)O. The second kappa shape index (κ2) is 7.40. The summed E-state index contributed by atoms with van der Waals surface area (Å²) < 4.78 is 6.26. The van der Waals surface area contributed by atoms with Gasteiger partial charge in [0, 0.05) is 22.6 Å². The molecule has 0 aromatic heterocycles. The molecule has 31 heavy (non-hydrogen) atoms. The van der Waals surface area contributed by atoms with E-state index in [1.165, 1.54) is 39.5 Å². The van der Waals surface area contributed by atoms with Crippen molar-refractivity contribution in [1.29, 1.82) is 0 Å². The molecule has 162 valence electrons. The van der Waals surface area contributed by atoms with Crippen molar-refractivity contribution in [2.45, 2.75) is 58.8 Å². The van der Waals surface area contributed by atoms with Crippen molar-refractivity contribution in [3.8, 4) is 16.9 Å². The van der Waals surface area contributed by atoms with Crippen LogP contribution in [0.25, 0.3) is 11.1 Å². The fourth-order valence-electron chi connectivity index (χ4n) is 4.89. The molecule has 0 bridgehead atoms. The van der Waals surface area contributed by atoms with Gasteiger partial charge in [0.05, 0.1) is 6.61 Å². The highest BCUT2D eigenvalue weighted by Gasteiger charge is 2.50. The summed E-state index contributed by atoms with van der Waals surface area (Å²) >= 11 is 0. The van der Waals surface area contributed by atoms with Crippen LogP contribution in [0.5, 0.6) is 5.75 Å². The van der Waals surface area contributed by atoms with E-state index in [4.69, 9.17) is 9.84 Å². The molecule has 1 aliphatic heterocycles. The third-order valence-corrected chi connectivity index (χ3v) is 7.05. The molecule has 0 saturated heterocycles. The van der Waals surface area contributed by atoms with Gasteiger partial charge in [-0.15, -0.1) is 0 Å². The van der Waals surface area contributed by atoms with Crippen molar-refractivity contribution in [3.63, 3.8) is 0 Å². The number of carboxylic acids is 1. The predicted octanol–water partition coefficient (Wildman–Crippen LogP) is 6.51. The minimum atomic E-state index is -0.903. The average Bonchev–Trinajstić information content (AvgIpc) is 3.25. The van der Waals surface area contributed by atoms with Crippen molar-refractivity contribution >= 4 is 5.97 Å². The zero-order valence-corrected chi connectivity index (χ0v) is 19.4. The smallest absolute Gasteiger partial charge is 0.328 e. The van der Waals surface area contributed by atoms with Gasteiger partial charge in [-0.2, -0.15) is 0 Å².